The second kappa shape index (κ2) is 6.76. The highest BCUT2D eigenvalue weighted by Gasteiger charge is 2.29. The number of nitrogens with one attached hydrogen (secondary N) is 1. The summed E-state index contributed by atoms with van der Waals surface area (Å²) in [5.41, 5.74) is 0. The first-order chi connectivity index (χ1) is 9.91. The van der Waals surface area contributed by atoms with Crippen molar-refractivity contribution >= 4 is 31.9 Å². The Kier molecular flexibility index (Phi) is 5.23. The Balaban J connectivity index is 2.11. The molecule has 1 N–H and O–H groups in total. The minimum atomic E-state index is -3.65. The number of sulfonamides is 1. The van der Waals surface area contributed by atoms with Crippen LogP contribution in [0.25, 0.3) is 0 Å². The van der Waals surface area contributed by atoms with Crippen molar-refractivity contribution in [3.05, 3.63) is 29.0 Å². The van der Waals surface area contributed by atoms with Gasteiger partial charge in [-0.1, -0.05) is 28.9 Å². The second-order valence-corrected chi connectivity index (χ2v) is 7.77. The highest BCUT2D eigenvalue weighted by Crippen LogP contribution is 2.22. The van der Waals surface area contributed by atoms with Crippen molar-refractivity contribution < 1.29 is 17.6 Å². The number of carbonyl (C=O) groups is 1. The first-order valence-corrected chi connectivity index (χ1v) is 8.86. The Bertz CT molecular complexity index is 632. The van der Waals surface area contributed by atoms with Gasteiger partial charge < -0.3 is 9.73 Å². The summed E-state index contributed by atoms with van der Waals surface area (Å²) in [4.78, 5) is 11.8. The number of hydrogen-bond acceptors (Lipinski definition) is 4. The first-order valence-electron chi connectivity index (χ1n) is 6.63. The van der Waals surface area contributed by atoms with Crippen molar-refractivity contribution in [3.8, 4) is 0 Å². The van der Waals surface area contributed by atoms with Crippen LogP contribution in [0.5, 0.6) is 0 Å². The lowest BCUT2D eigenvalue weighted by atomic mass is 10.2. The Morgan fingerprint density at radius 1 is 1.33 bits per heavy atom. The highest BCUT2D eigenvalue weighted by molar-refractivity contribution is 9.11. The molecule has 0 saturated carbocycles. The standard InChI is InChI=1S/C13H17BrN2O4S/c1-10(14)9-15-13(17)11-5-6-12(20-11)21(18,19)16-7-3-2-4-8-16/h5-6H,1-4,7-9H2,(H,15,17). The molecule has 21 heavy (non-hydrogen) atoms. The fraction of sp³-hybridized carbons (Fsp3) is 0.462. The Morgan fingerprint density at radius 2 is 2.00 bits per heavy atom. The summed E-state index contributed by atoms with van der Waals surface area (Å²) in [5.74, 6) is -0.505. The van der Waals surface area contributed by atoms with E-state index in [9.17, 15) is 13.2 Å². The molecule has 0 unspecified atom stereocenters. The number of hydrogen-bond donors (Lipinski definition) is 1. The number of piperidine rings is 1. The van der Waals surface area contributed by atoms with Crippen LogP contribution < -0.4 is 5.32 Å². The molecule has 0 radical (unpaired) electrons. The van der Waals surface area contributed by atoms with Crippen LogP contribution in [0.2, 0.25) is 0 Å². The number of nitrogens with zero attached hydrogens (tertiary/aromatic N) is 1. The van der Waals surface area contributed by atoms with E-state index in [4.69, 9.17) is 4.42 Å². The van der Waals surface area contributed by atoms with Crippen molar-refractivity contribution in [2.45, 2.75) is 24.4 Å². The average Bonchev–Trinajstić information content (AvgIpc) is 2.96. The number of rotatable bonds is 5. The summed E-state index contributed by atoms with van der Waals surface area (Å²) in [6.07, 6.45) is 2.73. The minimum absolute atomic E-state index is 0.0284. The van der Waals surface area contributed by atoms with Crippen molar-refractivity contribution in [1.82, 2.24) is 9.62 Å². The third kappa shape index (κ3) is 3.96. The van der Waals surface area contributed by atoms with E-state index in [0.717, 1.165) is 19.3 Å². The minimum Gasteiger partial charge on any atom is -0.438 e. The van der Waals surface area contributed by atoms with Gasteiger partial charge in [0, 0.05) is 24.1 Å². The van der Waals surface area contributed by atoms with Gasteiger partial charge >= 0.3 is 0 Å². The van der Waals surface area contributed by atoms with Crippen molar-refractivity contribution in [1.29, 1.82) is 0 Å². The van der Waals surface area contributed by atoms with Gasteiger partial charge in [0.25, 0.3) is 15.9 Å². The molecule has 1 aliphatic rings. The van der Waals surface area contributed by atoms with Gasteiger partial charge in [-0.05, 0) is 25.0 Å². The molecule has 116 valence electrons. The molecule has 0 aliphatic carbocycles. The molecule has 1 aliphatic heterocycles. The highest BCUT2D eigenvalue weighted by atomic mass is 79.9. The first kappa shape index (κ1) is 16.3. The molecule has 0 aromatic carbocycles. The zero-order valence-electron chi connectivity index (χ0n) is 11.5. The van der Waals surface area contributed by atoms with E-state index in [1.165, 1.54) is 16.4 Å². The van der Waals surface area contributed by atoms with Gasteiger partial charge in [-0.2, -0.15) is 4.31 Å². The molecule has 1 amide bonds. The van der Waals surface area contributed by atoms with Crippen LogP contribution in [0.15, 0.2) is 32.7 Å². The van der Waals surface area contributed by atoms with E-state index in [1.807, 2.05) is 0 Å². The molecule has 0 atom stereocenters. The fourth-order valence-electron chi connectivity index (χ4n) is 2.08. The fourth-order valence-corrected chi connectivity index (χ4v) is 3.65. The van der Waals surface area contributed by atoms with Crippen LogP contribution >= 0.6 is 15.9 Å². The van der Waals surface area contributed by atoms with Crippen molar-refractivity contribution in [2.75, 3.05) is 19.6 Å². The summed E-state index contributed by atoms with van der Waals surface area (Å²) < 4.78 is 32.0. The molecular weight excluding hydrogens is 360 g/mol. The van der Waals surface area contributed by atoms with Crippen molar-refractivity contribution in [2.24, 2.45) is 0 Å². The summed E-state index contributed by atoms with van der Waals surface area (Å²) in [6, 6.07) is 2.69. The van der Waals surface area contributed by atoms with E-state index in [1.54, 1.807) is 0 Å². The molecule has 2 heterocycles. The van der Waals surface area contributed by atoms with Gasteiger partial charge in [0.05, 0.1) is 0 Å². The SMILES string of the molecule is C=C(Br)CNC(=O)c1ccc(S(=O)(=O)N2CCCCC2)o1. The topological polar surface area (TPSA) is 79.6 Å². The normalized spacial score (nSPS) is 16.6. The maximum Gasteiger partial charge on any atom is 0.287 e. The zero-order valence-corrected chi connectivity index (χ0v) is 13.9. The summed E-state index contributed by atoms with van der Waals surface area (Å²) in [5, 5.41) is 2.37. The van der Waals surface area contributed by atoms with Crippen molar-refractivity contribution in [3.63, 3.8) is 0 Å². The van der Waals surface area contributed by atoms with Gasteiger partial charge in [0.15, 0.2) is 5.76 Å². The molecule has 8 heteroatoms. The van der Waals surface area contributed by atoms with Crippen LogP contribution in [0, 0.1) is 0 Å². The van der Waals surface area contributed by atoms with Crippen LogP contribution in [0.1, 0.15) is 29.8 Å². The lowest BCUT2D eigenvalue weighted by Crippen LogP contribution is -2.35. The molecule has 1 saturated heterocycles. The summed E-state index contributed by atoms with van der Waals surface area (Å²) in [6.45, 7) is 4.83. The van der Waals surface area contributed by atoms with E-state index in [-0.39, 0.29) is 17.4 Å². The van der Waals surface area contributed by atoms with Crippen LogP contribution in [-0.2, 0) is 10.0 Å². The van der Waals surface area contributed by atoms with Gasteiger partial charge in [0.1, 0.15) is 0 Å². The van der Waals surface area contributed by atoms with E-state index in [0.29, 0.717) is 17.6 Å². The summed E-state index contributed by atoms with van der Waals surface area (Å²) in [7, 11) is -3.65. The largest absolute Gasteiger partial charge is 0.438 e. The van der Waals surface area contributed by atoms with E-state index < -0.39 is 15.9 Å². The van der Waals surface area contributed by atoms with Gasteiger partial charge in [-0.3, -0.25) is 4.79 Å². The lowest BCUT2D eigenvalue weighted by Gasteiger charge is -2.24. The van der Waals surface area contributed by atoms with E-state index >= 15 is 0 Å². The van der Waals surface area contributed by atoms with Gasteiger partial charge in [0.2, 0.25) is 5.09 Å². The maximum absolute atomic E-state index is 12.4. The van der Waals surface area contributed by atoms with E-state index in [2.05, 4.69) is 27.8 Å². The molecular formula is C13H17BrN2O4S. The predicted molar refractivity (Wildman–Crippen MR) is 81.7 cm³/mol. The van der Waals surface area contributed by atoms with Gasteiger partial charge in [-0.15, -0.1) is 0 Å². The molecule has 1 aromatic rings. The maximum atomic E-state index is 12.4. The smallest absolute Gasteiger partial charge is 0.287 e. The van der Waals surface area contributed by atoms with Crippen LogP contribution in [0.4, 0.5) is 0 Å². The predicted octanol–water partition coefficient (Wildman–Crippen LogP) is 2.09. The second-order valence-electron chi connectivity index (χ2n) is 4.78. The molecule has 6 nitrogen and oxygen atoms in total. The Hall–Kier alpha value is -1.12. The monoisotopic (exact) mass is 376 g/mol. The Labute approximate surface area is 132 Å². The Morgan fingerprint density at radius 3 is 2.62 bits per heavy atom. The number of halogens is 1. The van der Waals surface area contributed by atoms with Crippen LogP contribution in [-0.4, -0.2) is 38.3 Å². The zero-order chi connectivity index (χ0) is 15.5. The molecule has 1 fully saturated rings. The quantitative estimate of drug-likeness (QED) is 0.852. The number of furan rings is 1. The average molecular weight is 377 g/mol. The number of amides is 1. The third-order valence-corrected chi connectivity index (χ3v) is 5.21. The summed E-state index contributed by atoms with van der Waals surface area (Å²) >= 11 is 3.12. The molecule has 0 bridgehead atoms. The third-order valence-electron chi connectivity index (χ3n) is 3.16. The lowest BCUT2D eigenvalue weighted by molar-refractivity contribution is 0.0924. The van der Waals surface area contributed by atoms with Crippen LogP contribution in [0.3, 0.4) is 0 Å². The molecule has 1 aromatic heterocycles. The molecule has 0 spiro atoms. The van der Waals surface area contributed by atoms with Gasteiger partial charge in [-0.25, -0.2) is 8.42 Å². The molecule has 2 rings (SSSR count). The number of carbonyl (C=O) groups excluding carboxylic acids is 1.